The molecule has 1 saturated heterocycles. The Morgan fingerprint density at radius 1 is 1.00 bits per heavy atom. The highest BCUT2D eigenvalue weighted by molar-refractivity contribution is 5.93. The number of carboxylic acid groups (broad SMARTS) is 1. The summed E-state index contributed by atoms with van der Waals surface area (Å²) in [5.74, 6) is -0.309. The normalized spacial score (nSPS) is 20.6. The molecule has 8 nitrogen and oxygen atoms in total. The average molecular weight is 503 g/mol. The maximum absolute atomic E-state index is 13.2. The molecule has 2 aliphatic rings. The summed E-state index contributed by atoms with van der Waals surface area (Å²) in [4.78, 5) is 27.9. The quantitative estimate of drug-likeness (QED) is 0.490. The van der Waals surface area contributed by atoms with Gasteiger partial charge in [0.1, 0.15) is 5.75 Å². The van der Waals surface area contributed by atoms with E-state index in [1.54, 1.807) is 7.11 Å². The van der Waals surface area contributed by atoms with Crippen LogP contribution in [0.2, 0.25) is 0 Å². The second-order valence-electron chi connectivity index (χ2n) is 9.60. The summed E-state index contributed by atoms with van der Waals surface area (Å²) in [6.07, 6.45) is 0. The van der Waals surface area contributed by atoms with Crippen LogP contribution in [0.5, 0.6) is 17.2 Å². The Bertz CT molecular complexity index is 1320. The minimum atomic E-state index is -0.916. The van der Waals surface area contributed by atoms with Crippen LogP contribution in [0.4, 0.5) is 5.69 Å². The van der Waals surface area contributed by atoms with Crippen LogP contribution in [0.3, 0.4) is 0 Å². The Hall–Kier alpha value is -4.04. The molecule has 0 spiro atoms. The molecule has 0 radical (unpaired) electrons. The number of fused-ring (bicyclic) bond motifs is 1. The molecule has 3 atom stereocenters. The van der Waals surface area contributed by atoms with Gasteiger partial charge < -0.3 is 24.6 Å². The predicted molar refractivity (Wildman–Crippen MR) is 138 cm³/mol. The molecular formula is C29H30N2O6. The SMILES string of the molecule is COc1ccc([C@@H]2[C@@H](C(=O)O)C(c3ccc4c(c3)OCO4)CN2CC(=O)Nc2ccc(C)cc2C)cc1. The molecule has 2 aliphatic heterocycles. The molecule has 8 heteroatoms. The Morgan fingerprint density at radius 3 is 2.43 bits per heavy atom. The van der Waals surface area contributed by atoms with Crippen molar-refractivity contribution >= 4 is 17.6 Å². The van der Waals surface area contributed by atoms with E-state index in [0.29, 0.717) is 23.8 Å². The van der Waals surface area contributed by atoms with Crippen LogP contribution in [0.25, 0.3) is 0 Å². The zero-order chi connectivity index (χ0) is 26.1. The van der Waals surface area contributed by atoms with Gasteiger partial charge in [0.2, 0.25) is 12.7 Å². The average Bonchev–Trinajstić information content (AvgIpc) is 3.50. The van der Waals surface area contributed by atoms with Crippen molar-refractivity contribution in [1.82, 2.24) is 4.90 Å². The van der Waals surface area contributed by atoms with E-state index in [1.807, 2.05) is 79.4 Å². The molecule has 2 heterocycles. The number of amides is 1. The van der Waals surface area contributed by atoms with Gasteiger partial charge in [-0.3, -0.25) is 14.5 Å². The number of aryl methyl sites for hydroxylation is 2. The molecule has 2 N–H and O–H groups in total. The lowest BCUT2D eigenvalue weighted by Crippen LogP contribution is -2.35. The Kier molecular flexibility index (Phi) is 6.76. The fourth-order valence-electron chi connectivity index (χ4n) is 5.40. The smallest absolute Gasteiger partial charge is 0.309 e. The number of ether oxygens (including phenoxy) is 3. The van der Waals surface area contributed by atoms with Crippen molar-refractivity contribution < 1.29 is 28.9 Å². The molecule has 1 unspecified atom stereocenters. The molecule has 192 valence electrons. The van der Waals surface area contributed by atoms with Crippen LogP contribution in [0, 0.1) is 19.8 Å². The molecule has 0 aliphatic carbocycles. The number of rotatable bonds is 7. The highest BCUT2D eigenvalue weighted by Gasteiger charge is 2.48. The molecule has 1 fully saturated rings. The number of benzene rings is 3. The number of carboxylic acids is 1. The molecular weight excluding hydrogens is 472 g/mol. The minimum Gasteiger partial charge on any atom is -0.497 e. The summed E-state index contributed by atoms with van der Waals surface area (Å²) in [5, 5.41) is 13.4. The van der Waals surface area contributed by atoms with Gasteiger partial charge in [-0.25, -0.2) is 0 Å². The van der Waals surface area contributed by atoms with Crippen molar-refractivity contribution in [3.05, 3.63) is 82.9 Å². The lowest BCUT2D eigenvalue weighted by atomic mass is 9.82. The first-order valence-electron chi connectivity index (χ1n) is 12.2. The van der Waals surface area contributed by atoms with Crippen molar-refractivity contribution in [2.24, 2.45) is 5.92 Å². The zero-order valence-electron chi connectivity index (χ0n) is 21.1. The van der Waals surface area contributed by atoms with Gasteiger partial charge in [-0.1, -0.05) is 35.9 Å². The Labute approximate surface area is 215 Å². The van der Waals surface area contributed by atoms with Crippen LogP contribution in [0.15, 0.2) is 60.7 Å². The standard InChI is InChI=1S/C29H30N2O6/c1-17-4-10-23(18(2)12-17)30-26(32)15-31-14-22(20-7-11-24-25(13-20)37-16-36-24)27(29(33)34)28(31)19-5-8-21(35-3)9-6-19/h4-13,22,27-28H,14-16H2,1-3H3,(H,30,32)(H,33,34)/t22?,27-,28+/m0/s1. The number of carbonyl (C=O) groups excluding carboxylic acids is 1. The molecule has 3 aromatic rings. The molecule has 5 rings (SSSR count). The first-order chi connectivity index (χ1) is 17.8. The van der Waals surface area contributed by atoms with Gasteiger partial charge in [0.05, 0.1) is 19.6 Å². The summed E-state index contributed by atoms with van der Waals surface area (Å²) in [6, 6.07) is 18.3. The van der Waals surface area contributed by atoms with Gasteiger partial charge in [0.25, 0.3) is 0 Å². The number of nitrogens with one attached hydrogen (secondary N) is 1. The summed E-state index contributed by atoms with van der Waals surface area (Å²) >= 11 is 0. The molecule has 0 aromatic heterocycles. The van der Waals surface area contributed by atoms with E-state index in [-0.39, 0.29) is 25.2 Å². The first kappa shape index (κ1) is 24.6. The number of methoxy groups -OCH3 is 1. The summed E-state index contributed by atoms with van der Waals surface area (Å²) in [7, 11) is 1.59. The van der Waals surface area contributed by atoms with Crippen LogP contribution >= 0.6 is 0 Å². The van der Waals surface area contributed by atoms with Gasteiger partial charge in [-0.05, 0) is 60.9 Å². The van der Waals surface area contributed by atoms with E-state index >= 15 is 0 Å². The van der Waals surface area contributed by atoms with E-state index in [1.165, 1.54) is 0 Å². The second kappa shape index (κ2) is 10.1. The van der Waals surface area contributed by atoms with E-state index in [2.05, 4.69) is 5.32 Å². The number of anilines is 1. The lowest BCUT2D eigenvalue weighted by Gasteiger charge is -2.27. The maximum Gasteiger partial charge on any atom is 0.309 e. The fraction of sp³-hybridized carbons (Fsp3) is 0.310. The summed E-state index contributed by atoms with van der Waals surface area (Å²) < 4.78 is 16.3. The van der Waals surface area contributed by atoms with Crippen molar-refractivity contribution in [2.45, 2.75) is 25.8 Å². The van der Waals surface area contributed by atoms with Gasteiger partial charge in [-0.15, -0.1) is 0 Å². The van der Waals surface area contributed by atoms with E-state index in [0.717, 1.165) is 27.9 Å². The number of aliphatic carboxylic acids is 1. The van der Waals surface area contributed by atoms with Crippen LogP contribution < -0.4 is 19.5 Å². The highest BCUT2D eigenvalue weighted by Crippen LogP contribution is 2.47. The third-order valence-electron chi connectivity index (χ3n) is 7.17. The third-order valence-corrected chi connectivity index (χ3v) is 7.17. The zero-order valence-corrected chi connectivity index (χ0v) is 21.1. The van der Waals surface area contributed by atoms with Gasteiger partial charge in [-0.2, -0.15) is 0 Å². The van der Waals surface area contributed by atoms with Crippen molar-refractivity contribution in [3.63, 3.8) is 0 Å². The van der Waals surface area contributed by atoms with Crippen molar-refractivity contribution in [2.75, 3.05) is 32.3 Å². The molecule has 37 heavy (non-hydrogen) atoms. The topological polar surface area (TPSA) is 97.3 Å². The lowest BCUT2D eigenvalue weighted by molar-refractivity contribution is -0.143. The molecule has 0 bridgehead atoms. The van der Waals surface area contributed by atoms with Crippen LogP contribution in [0.1, 0.15) is 34.2 Å². The second-order valence-corrected chi connectivity index (χ2v) is 9.60. The van der Waals surface area contributed by atoms with E-state index in [9.17, 15) is 14.7 Å². The Balaban J connectivity index is 1.47. The number of carbonyl (C=O) groups is 2. The fourth-order valence-corrected chi connectivity index (χ4v) is 5.40. The monoisotopic (exact) mass is 502 g/mol. The summed E-state index contributed by atoms with van der Waals surface area (Å²) in [6.45, 7) is 4.55. The Morgan fingerprint density at radius 2 is 1.73 bits per heavy atom. The number of nitrogens with zero attached hydrogens (tertiary/aromatic N) is 1. The van der Waals surface area contributed by atoms with Crippen molar-refractivity contribution in [3.8, 4) is 17.2 Å². The third kappa shape index (κ3) is 4.97. The van der Waals surface area contributed by atoms with Gasteiger partial charge >= 0.3 is 5.97 Å². The van der Waals surface area contributed by atoms with Gasteiger partial charge in [0.15, 0.2) is 11.5 Å². The predicted octanol–water partition coefficient (Wildman–Crippen LogP) is 4.52. The largest absolute Gasteiger partial charge is 0.497 e. The number of hydrogen-bond donors (Lipinski definition) is 2. The molecule has 3 aromatic carbocycles. The number of hydrogen-bond acceptors (Lipinski definition) is 6. The van der Waals surface area contributed by atoms with E-state index < -0.39 is 17.9 Å². The summed E-state index contributed by atoms with van der Waals surface area (Å²) in [5.41, 5.74) is 4.50. The molecule has 0 saturated carbocycles. The highest BCUT2D eigenvalue weighted by atomic mass is 16.7. The first-order valence-corrected chi connectivity index (χ1v) is 12.2. The van der Waals surface area contributed by atoms with Crippen LogP contribution in [-0.4, -0.2) is 48.9 Å². The molecule has 1 amide bonds. The van der Waals surface area contributed by atoms with Crippen LogP contribution in [-0.2, 0) is 9.59 Å². The maximum atomic E-state index is 13.2. The van der Waals surface area contributed by atoms with E-state index in [4.69, 9.17) is 14.2 Å². The van der Waals surface area contributed by atoms with Gasteiger partial charge in [0, 0.05) is 24.2 Å². The minimum absolute atomic E-state index is 0.0504. The van der Waals surface area contributed by atoms with Crippen molar-refractivity contribution in [1.29, 1.82) is 0 Å². The number of likely N-dealkylation sites (tertiary alicyclic amines) is 1.